The van der Waals surface area contributed by atoms with E-state index in [1.807, 2.05) is 19.3 Å². The Balaban J connectivity index is 1.01. The minimum absolute atomic E-state index is 0.0893. The van der Waals surface area contributed by atoms with Crippen molar-refractivity contribution >= 4 is 11.9 Å². The number of nitrogens with one attached hydrogen (secondary N) is 1. The van der Waals surface area contributed by atoms with Crippen molar-refractivity contribution in [3.8, 4) is 5.75 Å². The van der Waals surface area contributed by atoms with Gasteiger partial charge in [0.15, 0.2) is 0 Å². The molecule has 3 aliphatic rings. The van der Waals surface area contributed by atoms with E-state index in [-0.39, 0.29) is 12.3 Å². The number of carbonyl (C=O) groups is 1. The molecule has 2 aliphatic carbocycles. The number of hydrogen-bond acceptors (Lipinski definition) is 5. The average Bonchev–Trinajstić information content (AvgIpc) is 3.54. The standard InChI is InChI=1S/C28H36F2N4O2/c1-18-16-31-28(32-17-18)34-10-7-19(8-11-34)23-13-20(23)9-12-36-22-6-5-21(25(30)15-22)14-27(35)33-26-4-2-3-24(26)29/h5-6,15-17,19-20,23-24,26H,2-4,7-14H2,1H3,(H,33,35)/t20-,23-,24?,26?/m1/s1. The number of piperidine rings is 1. The van der Waals surface area contributed by atoms with Gasteiger partial charge in [0.2, 0.25) is 11.9 Å². The van der Waals surface area contributed by atoms with E-state index in [0.717, 1.165) is 49.3 Å². The fourth-order valence-electron chi connectivity index (χ4n) is 5.85. The Labute approximate surface area is 211 Å². The van der Waals surface area contributed by atoms with Gasteiger partial charge in [-0.15, -0.1) is 0 Å². The molecule has 1 amide bonds. The predicted octanol–water partition coefficient (Wildman–Crippen LogP) is 4.80. The molecule has 1 aromatic heterocycles. The van der Waals surface area contributed by atoms with Crippen molar-refractivity contribution in [3.05, 3.63) is 47.5 Å². The van der Waals surface area contributed by atoms with Crippen molar-refractivity contribution in [3.63, 3.8) is 0 Å². The lowest BCUT2D eigenvalue weighted by Gasteiger charge is -2.32. The van der Waals surface area contributed by atoms with Crippen LogP contribution in [0.2, 0.25) is 0 Å². The lowest BCUT2D eigenvalue weighted by atomic mass is 9.90. The maximum atomic E-state index is 14.5. The first-order valence-electron chi connectivity index (χ1n) is 13.3. The average molecular weight is 499 g/mol. The summed E-state index contributed by atoms with van der Waals surface area (Å²) in [7, 11) is 0. The summed E-state index contributed by atoms with van der Waals surface area (Å²) in [5.74, 6) is 2.71. The van der Waals surface area contributed by atoms with Crippen LogP contribution in [-0.4, -0.2) is 47.8 Å². The Hall–Kier alpha value is -2.77. The number of hydrogen-bond donors (Lipinski definition) is 1. The van der Waals surface area contributed by atoms with E-state index in [9.17, 15) is 13.6 Å². The first-order valence-corrected chi connectivity index (χ1v) is 13.3. The van der Waals surface area contributed by atoms with Gasteiger partial charge in [0.1, 0.15) is 17.7 Å². The first-order chi connectivity index (χ1) is 17.5. The van der Waals surface area contributed by atoms with Crippen LogP contribution in [-0.2, 0) is 11.2 Å². The van der Waals surface area contributed by atoms with Gasteiger partial charge >= 0.3 is 0 Å². The van der Waals surface area contributed by atoms with Crippen LogP contribution in [0, 0.1) is 30.5 Å². The van der Waals surface area contributed by atoms with Crippen molar-refractivity contribution in [2.45, 2.75) is 70.5 Å². The lowest BCUT2D eigenvalue weighted by Crippen LogP contribution is -2.39. The van der Waals surface area contributed by atoms with Crippen molar-refractivity contribution in [1.82, 2.24) is 15.3 Å². The highest BCUT2D eigenvalue weighted by Gasteiger charge is 2.43. The van der Waals surface area contributed by atoms with Crippen LogP contribution in [0.25, 0.3) is 0 Å². The Morgan fingerprint density at radius 2 is 1.94 bits per heavy atom. The van der Waals surface area contributed by atoms with E-state index >= 15 is 0 Å². The maximum Gasteiger partial charge on any atom is 0.225 e. The molecule has 8 heteroatoms. The first kappa shape index (κ1) is 24.9. The Morgan fingerprint density at radius 3 is 2.64 bits per heavy atom. The topological polar surface area (TPSA) is 67.4 Å². The smallest absolute Gasteiger partial charge is 0.225 e. The Kier molecular flexibility index (Phi) is 7.67. The molecule has 0 bridgehead atoms. The van der Waals surface area contributed by atoms with Crippen LogP contribution >= 0.6 is 0 Å². The summed E-state index contributed by atoms with van der Waals surface area (Å²) < 4.78 is 34.1. The number of alkyl halides is 1. The van der Waals surface area contributed by atoms with Gasteiger partial charge in [-0.05, 0) is 86.8 Å². The van der Waals surface area contributed by atoms with Gasteiger partial charge in [0.05, 0.1) is 19.1 Å². The lowest BCUT2D eigenvalue weighted by molar-refractivity contribution is -0.121. The fourth-order valence-corrected chi connectivity index (χ4v) is 5.85. The van der Waals surface area contributed by atoms with Gasteiger partial charge in [-0.2, -0.15) is 0 Å². The van der Waals surface area contributed by atoms with E-state index in [2.05, 4.69) is 20.2 Å². The summed E-state index contributed by atoms with van der Waals surface area (Å²) in [4.78, 5) is 23.4. The summed E-state index contributed by atoms with van der Waals surface area (Å²) in [5.41, 5.74) is 1.38. The van der Waals surface area contributed by atoms with Crippen molar-refractivity contribution < 1.29 is 18.3 Å². The Bertz CT molecular complexity index is 1040. The zero-order chi connectivity index (χ0) is 25.1. The third-order valence-corrected chi connectivity index (χ3v) is 8.08. The predicted molar refractivity (Wildman–Crippen MR) is 134 cm³/mol. The molecule has 0 spiro atoms. The van der Waals surface area contributed by atoms with E-state index < -0.39 is 18.0 Å². The Morgan fingerprint density at radius 1 is 1.17 bits per heavy atom. The molecule has 2 aromatic rings. The van der Waals surface area contributed by atoms with Crippen LogP contribution < -0.4 is 15.0 Å². The number of ether oxygens (including phenoxy) is 1. The van der Waals surface area contributed by atoms with Crippen molar-refractivity contribution in [2.24, 2.45) is 17.8 Å². The van der Waals surface area contributed by atoms with Gasteiger partial charge < -0.3 is 15.0 Å². The zero-order valence-corrected chi connectivity index (χ0v) is 21.0. The van der Waals surface area contributed by atoms with Crippen LogP contribution in [0.4, 0.5) is 14.7 Å². The van der Waals surface area contributed by atoms with Gasteiger partial charge in [-0.25, -0.2) is 18.7 Å². The van der Waals surface area contributed by atoms with Gasteiger partial charge in [0, 0.05) is 31.5 Å². The molecule has 194 valence electrons. The molecule has 1 saturated heterocycles. The summed E-state index contributed by atoms with van der Waals surface area (Å²) in [5, 5.41) is 2.70. The van der Waals surface area contributed by atoms with E-state index in [1.165, 1.54) is 25.3 Å². The van der Waals surface area contributed by atoms with E-state index in [4.69, 9.17) is 4.74 Å². The molecule has 2 saturated carbocycles. The van der Waals surface area contributed by atoms with Crippen LogP contribution in [0.3, 0.4) is 0 Å². The normalized spacial score (nSPS) is 26.1. The van der Waals surface area contributed by atoms with Gasteiger partial charge in [-0.3, -0.25) is 4.79 Å². The number of anilines is 1. The molecule has 0 radical (unpaired) electrons. The quantitative estimate of drug-likeness (QED) is 0.538. The highest BCUT2D eigenvalue weighted by molar-refractivity contribution is 5.79. The van der Waals surface area contributed by atoms with Crippen LogP contribution in [0.5, 0.6) is 5.75 Å². The summed E-state index contributed by atoms with van der Waals surface area (Å²) in [6, 6.07) is 4.22. The molecule has 36 heavy (non-hydrogen) atoms. The van der Waals surface area contributed by atoms with Crippen molar-refractivity contribution in [1.29, 1.82) is 0 Å². The monoisotopic (exact) mass is 498 g/mol. The maximum absolute atomic E-state index is 14.5. The minimum atomic E-state index is -0.998. The number of aromatic nitrogens is 2. The van der Waals surface area contributed by atoms with Gasteiger partial charge in [0.25, 0.3) is 0 Å². The third kappa shape index (κ3) is 6.13. The SMILES string of the molecule is Cc1cnc(N2CCC([C@H]3C[C@H]3CCOc3ccc(CC(=O)NC4CCCC4F)c(F)c3)CC2)nc1. The molecule has 5 rings (SSSR count). The second-order valence-electron chi connectivity index (χ2n) is 10.7. The second kappa shape index (κ2) is 11.1. The summed E-state index contributed by atoms with van der Waals surface area (Å²) >= 11 is 0. The number of nitrogens with zero attached hydrogens (tertiary/aromatic N) is 3. The van der Waals surface area contributed by atoms with E-state index in [1.54, 1.807) is 12.1 Å². The van der Waals surface area contributed by atoms with Gasteiger partial charge in [-0.1, -0.05) is 6.07 Å². The molecule has 1 N–H and O–H groups in total. The van der Waals surface area contributed by atoms with Crippen molar-refractivity contribution in [2.75, 3.05) is 24.6 Å². The van der Waals surface area contributed by atoms with Crippen LogP contribution in [0.15, 0.2) is 30.6 Å². The largest absolute Gasteiger partial charge is 0.493 e. The number of amides is 1. The number of rotatable bonds is 9. The molecule has 1 aromatic carbocycles. The molecular formula is C28H36F2N4O2. The molecule has 1 aliphatic heterocycles. The fraction of sp³-hybridized carbons (Fsp3) is 0.607. The third-order valence-electron chi connectivity index (χ3n) is 8.08. The summed E-state index contributed by atoms with van der Waals surface area (Å²) in [6.07, 6.45) is 9.13. The highest BCUT2D eigenvalue weighted by Crippen LogP contribution is 2.49. The molecule has 6 nitrogen and oxygen atoms in total. The molecule has 4 atom stereocenters. The number of carbonyl (C=O) groups excluding carboxylic acids is 1. The number of halogens is 2. The molecule has 3 fully saturated rings. The number of aryl methyl sites for hydroxylation is 1. The molecule has 2 unspecified atom stereocenters. The second-order valence-corrected chi connectivity index (χ2v) is 10.7. The van der Waals surface area contributed by atoms with E-state index in [0.29, 0.717) is 36.7 Å². The van der Waals surface area contributed by atoms with Crippen LogP contribution in [0.1, 0.15) is 56.1 Å². The summed E-state index contributed by atoms with van der Waals surface area (Å²) in [6.45, 7) is 4.58. The zero-order valence-electron chi connectivity index (χ0n) is 21.0. The highest BCUT2D eigenvalue weighted by atomic mass is 19.1. The molecular weight excluding hydrogens is 462 g/mol. The molecule has 2 heterocycles. The minimum Gasteiger partial charge on any atom is -0.493 e. The number of benzene rings is 1.